The first-order chi connectivity index (χ1) is 10.1. The van der Waals surface area contributed by atoms with E-state index in [0.717, 1.165) is 23.2 Å². The predicted octanol–water partition coefficient (Wildman–Crippen LogP) is 3.41. The molecule has 0 spiro atoms. The first-order valence-corrected chi connectivity index (χ1v) is 7.77. The highest BCUT2D eigenvalue weighted by Crippen LogP contribution is 2.49. The van der Waals surface area contributed by atoms with Crippen molar-refractivity contribution in [1.82, 2.24) is 0 Å². The summed E-state index contributed by atoms with van der Waals surface area (Å²) in [7, 11) is 0. The molecule has 3 rings (SSSR count). The maximum Gasteiger partial charge on any atom is 0.224 e. The maximum absolute atomic E-state index is 12.1. The second-order valence-corrected chi connectivity index (χ2v) is 6.45. The van der Waals surface area contributed by atoms with Gasteiger partial charge >= 0.3 is 0 Å². The molecule has 1 aromatic rings. The highest BCUT2D eigenvalue weighted by Gasteiger charge is 2.40. The molecule has 2 N–H and O–H groups in total. The summed E-state index contributed by atoms with van der Waals surface area (Å²) < 4.78 is 0. The molecular formula is C17H22N2O2. The molecule has 2 fully saturated rings. The number of hydrogen-bond acceptors (Lipinski definition) is 2. The Morgan fingerprint density at radius 2 is 1.71 bits per heavy atom. The van der Waals surface area contributed by atoms with Gasteiger partial charge in [0.2, 0.25) is 11.8 Å². The summed E-state index contributed by atoms with van der Waals surface area (Å²) in [6, 6.07) is 7.25. The number of hydrogen-bond donors (Lipinski definition) is 2. The zero-order chi connectivity index (χ0) is 14.8. The van der Waals surface area contributed by atoms with Crippen LogP contribution in [0.3, 0.4) is 0 Å². The minimum Gasteiger partial charge on any atom is -0.326 e. The Hall–Kier alpha value is -1.84. The van der Waals surface area contributed by atoms with Crippen LogP contribution in [0.15, 0.2) is 24.3 Å². The highest BCUT2D eigenvalue weighted by molar-refractivity contribution is 5.92. The maximum atomic E-state index is 12.1. The SMILES string of the molecule is CC(=O)Nc1ccc(NC(=O)C[C@H]2C[C@H]3CC[C@H]2C3)cc1. The highest BCUT2D eigenvalue weighted by atomic mass is 16.2. The molecule has 0 heterocycles. The monoisotopic (exact) mass is 286 g/mol. The molecule has 1 aromatic carbocycles. The minimum atomic E-state index is -0.0944. The van der Waals surface area contributed by atoms with Crippen molar-refractivity contribution in [3.63, 3.8) is 0 Å². The smallest absolute Gasteiger partial charge is 0.224 e. The Labute approximate surface area is 125 Å². The van der Waals surface area contributed by atoms with Gasteiger partial charge in [0, 0.05) is 24.7 Å². The van der Waals surface area contributed by atoms with Crippen molar-refractivity contribution in [2.75, 3.05) is 10.6 Å². The normalized spacial score (nSPS) is 26.6. The number of carbonyl (C=O) groups excluding carboxylic acids is 2. The molecule has 2 saturated carbocycles. The summed E-state index contributed by atoms with van der Waals surface area (Å²) in [4.78, 5) is 23.1. The summed E-state index contributed by atoms with van der Waals surface area (Å²) in [6.45, 7) is 1.48. The van der Waals surface area contributed by atoms with Crippen molar-refractivity contribution in [2.45, 2.75) is 39.0 Å². The third-order valence-corrected chi connectivity index (χ3v) is 4.82. The van der Waals surface area contributed by atoms with E-state index in [-0.39, 0.29) is 11.8 Å². The number of nitrogens with one attached hydrogen (secondary N) is 2. The molecule has 4 nitrogen and oxygen atoms in total. The van der Waals surface area contributed by atoms with Gasteiger partial charge in [0.1, 0.15) is 0 Å². The van der Waals surface area contributed by atoms with Crippen molar-refractivity contribution in [1.29, 1.82) is 0 Å². The minimum absolute atomic E-state index is 0.0944. The number of anilines is 2. The van der Waals surface area contributed by atoms with Gasteiger partial charge < -0.3 is 10.6 Å². The molecule has 112 valence electrons. The predicted molar refractivity (Wildman–Crippen MR) is 82.9 cm³/mol. The third-order valence-electron chi connectivity index (χ3n) is 4.82. The fourth-order valence-corrected chi connectivity index (χ4v) is 3.92. The van der Waals surface area contributed by atoms with Gasteiger partial charge in [0.25, 0.3) is 0 Å². The van der Waals surface area contributed by atoms with Crippen LogP contribution in [0.2, 0.25) is 0 Å². The molecule has 0 saturated heterocycles. The van der Waals surface area contributed by atoms with Gasteiger partial charge in [-0.15, -0.1) is 0 Å². The van der Waals surface area contributed by atoms with E-state index >= 15 is 0 Å². The molecule has 0 aliphatic heterocycles. The fraction of sp³-hybridized carbons (Fsp3) is 0.529. The summed E-state index contributed by atoms with van der Waals surface area (Å²) >= 11 is 0. The average Bonchev–Trinajstić information content (AvgIpc) is 3.02. The lowest BCUT2D eigenvalue weighted by Crippen LogP contribution is -2.20. The Morgan fingerprint density at radius 3 is 2.24 bits per heavy atom. The van der Waals surface area contributed by atoms with Crippen LogP contribution < -0.4 is 10.6 Å². The second-order valence-electron chi connectivity index (χ2n) is 6.45. The van der Waals surface area contributed by atoms with Crippen LogP contribution in [0.1, 0.15) is 39.0 Å². The molecule has 21 heavy (non-hydrogen) atoms. The van der Waals surface area contributed by atoms with E-state index < -0.39 is 0 Å². The van der Waals surface area contributed by atoms with Crippen LogP contribution in [0.4, 0.5) is 11.4 Å². The molecule has 4 heteroatoms. The lowest BCUT2D eigenvalue weighted by atomic mass is 9.86. The largest absolute Gasteiger partial charge is 0.326 e. The van der Waals surface area contributed by atoms with Crippen LogP contribution >= 0.6 is 0 Å². The zero-order valence-corrected chi connectivity index (χ0v) is 12.4. The van der Waals surface area contributed by atoms with Crippen molar-refractivity contribution >= 4 is 23.2 Å². The van der Waals surface area contributed by atoms with Gasteiger partial charge in [-0.3, -0.25) is 9.59 Å². The molecular weight excluding hydrogens is 264 g/mol. The lowest BCUT2D eigenvalue weighted by Gasteiger charge is -2.20. The van der Waals surface area contributed by atoms with Crippen LogP contribution in [0.25, 0.3) is 0 Å². The number of rotatable bonds is 4. The van der Waals surface area contributed by atoms with Gasteiger partial charge in [-0.05, 0) is 61.3 Å². The molecule has 0 radical (unpaired) electrons. The molecule has 3 atom stereocenters. The van der Waals surface area contributed by atoms with Crippen molar-refractivity contribution in [3.8, 4) is 0 Å². The number of fused-ring (bicyclic) bond motifs is 2. The quantitative estimate of drug-likeness (QED) is 0.891. The van der Waals surface area contributed by atoms with Crippen molar-refractivity contribution < 1.29 is 9.59 Å². The summed E-state index contributed by atoms with van der Waals surface area (Å²) in [6.07, 6.45) is 5.90. The summed E-state index contributed by atoms with van der Waals surface area (Å²) in [5.41, 5.74) is 1.53. The Kier molecular flexibility index (Phi) is 3.95. The standard InChI is InChI=1S/C17H22N2O2/c1-11(20)18-15-4-6-16(7-5-15)19-17(21)10-14-9-12-2-3-13(14)8-12/h4-7,12-14H,2-3,8-10H2,1H3,(H,18,20)(H,19,21)/t12-,13-,14+/m0/s1. The Bertz CT molecular complexity index is 538. The van der Waals surface area contributed by atoms with E-state index in [1.165, 1.54) is 32.6 Å². The van der Waals surface area contributed by atoms with E-state index in [0.29, 0.717) is 12.3 Å². The van der Waals surface area contributed by atoms with Gasteiger partial charge in [0.15, 0.2) is 0 Å². The number of amides is 2. The van der Waals surface area contributed by atoms with Crippen molar-refractivity contribution in [2.24, 2.45) is 17.8 Å². The molecule has 2 amide bonds. The molecule has 0 aromatic heterocycles. The van der Waals surface area contributed by atoms with Gasteiger partial charge in [0.05, 0.1) is 0 Å². The van der Waals surface area contributed by atoms with Crippen LogP contribution in [0, 0.1) is 17.8 Å². The number of benzene rings is 1. The van der Waals surface area contributed by atoms with E-state index in [9.17, 15) is 9.59 Å². The van der Waals surface area contributed by atoms with Crippen LogP contribution in [-0.4, -0.2) is 11.8 Å². The summed E-state index contributed by atoms with van der Waals surface area (Å²) in [5, 5.41) is 5.67. The average molecular weight is 286 g/mol. The van der Waals surface area contributed by atoms with Crippen LogP contribution in [0.5, 0.6) is 0 Å². The third kappa shape index (κ3) is 3.43. The Morgan fingerprint density at radius 1 is 1.05 bits per heavy atom. The molecule has 2 aliphatic rings. The van der Waals surface area contributed by atoms with E-state index in [4.69, 9.17) is 0 Å². The zero-order valence-electron chi connectivity index (χ0n) is 12.4. The van der Waals surface area contributed by atoms with E-state index in [2.05, 4.69) is 10.6 Å². The molecule has 2 aliphatic carbocycles. The molecule has 2 bridgehead atoms. The topological polar surface area (TPSA) is 58.2 Å². The lowest BCUT2D eigenvalue weighted by molar-refractivity contribution is -0.117. The first-order valence-electron chi connectivity index (χ1n) is 7.77. The fourth-order valence-electron chi connectivity index (χ4n) is 3.92. The van der Waals surface area contributed by atoms with Gasteiger partial charge in [-0.2, -0.15) is 0 Å². The van der Waals surface area contributed by atoms with Crippen molar-refractivity contribution in [3.05, 3.63) is 24.3 Å². The van der Waals surface area contributed by atoms with Crippen LogP contribution in [-0.2, 0) is 9.59 Å². The first kappa shape index (κ1) is 14.1. The van der Waals surface area contributed by atoms with Gasteiger partial charge in [-0.1, -0.05) is 6.42 Å². The van der Waals surface area contributed by atoms with E-state index in [1.807, 2.05) is 12.1 Å². The Balaban J connectivity index is 1.51. The summed E-state index contributed by atoms with van der Waals surface area (Å²) in [5.74, 6) is 2.26. The molecule has 0 unspecified atom stereocenters. The second kappa shape index (κ2) is 5.88. The van der Waals surface area contributed by atoms with E-state index in [1.54, 1.807) is 12.1 Å². The van der Waals surface area contributed by atoms with Gasteiger partial charge in [-0.25, -0.2) is 0 Å². The number of carbonyl (C=O) groups is 2.